The van der Waals surface area contributed by atoms with Crippen molar-refractivity contribution in [3.8, 4) is 0 Å². The van der Waals surface area contributed by atoms with Crippen LogP contribution in [0.4, 0.5) is 0 Å². The SMILES string of the molecule is O=C(NCCO)C(Sc1nc2ccccc2s1)c1ccncc1. The molecule has 118 valence electrons. The topological polar surface area (TPSA) is 75.1 Å². The number of thioether (sulfide) groups is 1. The third kappa shape index (κ3) is 3.87. The number of thiazole rings is 1. The van der Waals surface area contributed by atoms with Crippen molar-refractivity contribution in [3.63, 3.8) is 0 Å². The summed E-state index contributed by atoms with van der Waals surface area (Å²) < 4.78 is 1.94. The molecule has 2 aromatic heterocycles. The molecule has 3 rings (SSSR count). The molecule has 0 bridgehead atoms. The molecule has 0 spiro atoms. The third-order valence-corrected chi connectivity index (χ3v) is 5.54. The number of aliphatic hydroxyl groups excluding tert-OH is 1. The number of pyridine rings is 1. The predicted molar refractivity (Wildman–Crippen MR) is 92.6 cm³/mol. The largest absolute Gasteiger partial charge is 0.395 e. The van der Waals surface area contributed by atoms with Gasteiger partial charge in [-0.1, -0.05) is 23.9 Å². The van der Waals surface area contributed by atoms with Crippen molar-refractivity contribution in [1.82, 2.24) is 15.3 Å². The first-order chi connectivity index (χ1) is 11.3. The van der Waals surface area contributed by atoms with Gasteiger partial charge in [-0.2, -0.15) is 0 Å². The van der Waals surface area contributed by atoms with Gasteiger partial charge < -0.3 is 10.4 Å². The number of para-hydroxylation sites is 1. The Kier molecular flexibility index (Phi) is 5.22. The Balaban J connectivity index is 1.87. The van der Waals surface area contributed by atoms with Crippen LogP contribution < -0.4 is 5.32 Å². The number of hydrogen-bond donors (Lipinski definition) is 2. The van der Waals surface area contributed by atoms with Gasteiger partial charge in [-0.3, -0.25) is 9.78 Å². The summed E-state index contributed by atoms with van der Waals surface area (Å²) in [6.45, 7) is 0.154. The van der Waals surface area contributed by atoms with E-state index in [4.69, 9.17) is 5.11 Å². The van der Waals surface area contributed by atoms with Crippen LogP contribution in [0, 0.1) is 0 Å². The number of aromatic nitrogens is 2. The monoisotopic (exact) mass is 345 g/mol. The third-order valence-electron chi connectivity index (χ3n) is 3.15. The van der Waals surface area contributed by atoms with E-state index in [1.807, 2.05) is 36.4 Å². The van der Waals surface area contributed by atoms with E-state index in [2.05, 4.69) is 15.3 Å². The second-order valence-electron chi connectivity index (χ2n) is 4.74. The highest BCUT2D eigenvalue weighted by atomic mass is 32.2. The van der Waals surface area contributed by atoms with Gasteiger partial charge in [-0.25, -0.2) is 4.98 Å². The molecule has 3 aromatic rings. The van der Waals surface area contributed by atoms with Crippen molar-refractivity contribution in [2.45, 2.75) is 9.59 Å². The molecule has 0 aliphatic carbocycles. The Bertz CT molecular complexity index is 759. The van der Waals surface area contributed by atoms with Gasteiger partial charge in [0.15, 0.2) is 4.34 Å². The van der Waals surface area contributed by atoms with E-state index in [1.165, 1.54) is 11.8 Å². The smallest absolute Gasteiger partial charge is 0.238 e. The van der Waals surface area contributed by atoms with E-state index >= 15 is 0 Å². The summed E-state index contributed by atoms with van der Waals surface area (Å²) >= 11 is 2.98. The second kappa shape index (κ2) is 7.54. The number of benzene rings is 1. The number of nitrogens with one attached hydrogen (secondary N) is 1. The quantitative estimate of drug-likeness (QED) is 0.672. The summed E-state index contributed by atoms with van der Waals surface area (Å²) in [6, 6.07) is 11.6. The van der Waals surface area contributed by atoms with Gasteiger partial charge in [0.1, 0.15) is 5.25 Å². The zero-order valence-corrected chi connectivity index (χ0v) is 13.8. The number of nitrogens with zero attached hydrogens (tertiary/aromatic N) is 2. The number of carbonyl (C=O) groups excluding carboxylic acids is 1. The van der Waals surface area contributed by atoms with Crippen molar-refractivity contribution in [1.29, 1.82) is 0 Å². The minimum absolute atomic E-state index is 0.0827. The van der Waals surface area contributed by atoms with Crippen molar-refractivity contribution < 1.29 is 9.90 Å². The highest BCUT2D eigenvalue weighted by Crippen LogP contribution is 2.39. The number of amides is 1. The maximum absolute atomic E-state index is 12.4. The molecular weight excluding hydrogens is 330 g/mol. The number of rotatable bonds is 6. The van der Waals surface area contributed by atoms with Crippen LogP contribution in [0.5, 0.6) is 0 Å². The van der Waals surface area contributed by atoms with Gasteiger partial charge in [-0.15, -0.1) is 11.3 Å². The Morgan fingerprint density at radius 2 is 2.04 bits per heavy atom. The lowest BCUT2D eigenvalue weighted by Crippen LogP contribution is -2.30. The molecule has 0 aliphatic rings. The Morgan fingerprint density at radius 3 is 2.78 bits per heavy atom. The van der Waals surface area contributed by atoms with Crippen molar-refractivity contribution in [2.24, 2.45) is 0 Å². The van der Waals surface area contributed by atoms with Crippen molar-refractivity contribution >= 4 is 39.2 Å². The number of carbonyl (C=O) groups is 1. The van der Waals surface area contributed by atoms with Crippen LogP contribution in [0.25, 0.3) is 10.2 Å². The highest BCUT2D eigenvalue weighted by molar-refractivity contribution is 8.02. The number of fused-ring (bicyclic) bond motifs is 1. The second-order valence-corrected chi connectivity index (χ2v) is 7.12. The molecule has 1 unspecified atom stereocenters. The van der Waals surface area contributed by atoms with E-state index in [-0.39, 0.29) is 19.1 Å². The van der Waals surface area contributed by atoms with Crippen LogP contribution in [-0.2, 0) is 4.79 Å². The lowest BCUT2D eigenvalue weighted by molar-refractivity contribution is -0.120. The van der Waals surface area contributed by atoms with Gasteiger partial charge in [-0.05, 0) is 29.8 Å². The van der Waals surface area contributed by atoms with E-state index in [0.717, 1.165) is 20.1 Å². The Labute approximate surface area is 141 Å². The zero-order chi connectivity index (χ0) is 16.1. The number of hydrogen-bond acceptors (Lipinski definition) is 6. The van der Waals surface area contributed by atoms with Crippen LogP contribution in [-0.4, -0.2) is 34.1 Å². The summed E-state index contributed by atoms with van der Waals surface area (Å²) in [7, 11) is 0. The Hall–Kier alpha value is -1.96. The minimum Gasteiger partial charge on any atom is -0.395 e. The molecule has 1 aromatic carbocycles. The molecule has 5 nitrogen and oxygen atoms in total. The van der Waals surface area contributed by atoms with Crippen LogP contribution in [0.3, 0.4) is 0 Å². The summed E-state index contributed by atoms with van der Waals surface area (Å²) in [4.78, 5) is 21.0. The average Bonchev–Trinajstić information content (AvgIpc) is 3.01. The fourth-order valence-electron chi connectivity index (χ4n) is 2.09. The molecule has 0 fully saturated rings. The van der Waals surface area contributed by atoms with Gasteiger partial charge in [0.25, 0.3) is 0 Å². The molecule has 1 amide bonds. The van der Waals surface area contributed by atoms with Gasteiger partial charge in [0.2, 0.25) is 5.91 Å². The van der Waals surface area contributed by atoms with Crippen LogP contribution in [0.1, 0.15) is 10.8 Å². The summed E-state index contributed by atoms with van der Waals surface area (Å²) in [6.07, 6.45) is 3.33. The van der Waals surface area contributed by atoms with E-state index < -0.39 is 5.25 Å². The average molecular weight is 345 g/mol. The molecule has 23 heavy (non-hydrogen) atoms. The molecule has 2 heterocycles. The zero-order valence-electron chi connectivity index (χ0n) is 12.2. The molecule has 0 radical (unpaired) electrons. The fraction of sp³-hybridized carbons (Fsp3) is 0.188. The van der Waals surface area contributed by atoms with Gasteiger partial charge >= 0.3 is 0 Å². The van der Waals surface area contributed by atoms with E-state index in [1.54, 1.807) is 23.7 Å². The molecule has 2 N–H and O–H groups in total. The normalized spacial score (nSPS) is 12.2. The summed E-state index contributed by atoms with van der Waals surface area (Å²) in [5, 5.41) is 11.2. The molecule has 1 atom stereocenters. The maximum Gasteiger partial charge on any atom is 0.238 e. The molecule has 0 saturated carbocycles. The lowest BCUT2D eigenvalue weighted by Gasteiger charge is -2.15. The molecular formula is C16H15N3O2S2. The van der Waals surface area contributed by atoms with E-state index in [9.17, 15) is 4.79 Å². The van der Waals surface area contributed by atoms with E-state index in [0.29, 0.717) is 0 Å². The molecule has 0 aliphatic heterocycles. The van der Waals surface area contributed by atoms with Crippen molar-refractivity contribution in [3.05, 3.63) is 54.4 Å². The predicted octanol–water partition coefficient (Wildman–Crippen LogP) is 2.63. The van der Waals surface area contributed by atoms with Crippen LogP contribution in [0.15, 0.2) is 53.1 Å². The molecule has 0 saturated heterocycles. The minimum atomic E-state index is -0.426. The van der Waals surface area contributed by atoms with Crippen LogP contribution in [0.2, 0.25) is 0 Å². The first kappa shape index (κ1) is 15.9. The fourth-order valence-corrected chi connectivity index (χ4v) is 4.37. The maximum atomic E-state index is 12.4. The lowest BCUT2D eigenvalue weighted by atomic mass is 10.2. The van der Waals surface area contributed by atoms with Gasteiger partial charge in [0.05, 0.1) is 16.8 Å². The van der Waals surface area contributed by atoms with Crippen molar-refractivity contribution in [2.75, 3.05) is 13.2 Å². The molecule has 7 heteroatoms. The summed E-state index contributed by atoms with van der Waals surface area (Å²) in [5.41, 5.74) is 1.80. The standard InChI is InChI=1S/C16H15N3O2S2/c20-10-9-18-15(21)14(11-5-7-17-8-6-11)23-16-19-12-3-1-2-4-13(12)22-16/h1-8,14,20H,9-10H2,(H,18,21). The van der Waals surface area contributed by atoms with Gasteiger partial charge in [0, 0.05) is 18.9 Å². The van der Waals surface area contributed by atoms with Crippen LogP contribution >= 0.6 is 23.1 Å². The first-order valence-corrected chi connectivity index (χ1v) is 8.78. The Morgan fingerprint density at radius 1 is 1.26 bits per heavy atom. The first-order valence-electron chi connectivity index (χ1n) is 7.08. The highest BCUT2D eigenvalue weighted by Gasteiger charge is 2.23. The summed E-state index contributed by atoms with van der Waals surface area (Å²) in [5.74, 6) is -0.144. The number of aliphatic hydroxyl groups is 1.